The fourth-order valence-electron chi connectivity index (χ4n) is 2.94. The van der Waals surface area contributed by atoms with Crippen molar-refractivity contribution in [3.8, 4) is 0 Å². The third kappa shape index (κ3) is 2.83. The Bertz CT molecular complexity index is 422. The van der Waals surface area contributed by atoms with Crippen LogP contribution in [0.4, 0.5) is 0 Å². The molecule has 1 aromatic heterocycles. The Balaban J connectivity index is 2.35. The zero-order valence-electron chi connectivity index (χ0n) is 13.2. The van der Waals surface area contributed by atoms with Gasteiger partial charge in [0.25, 0.3) is 0 Å². The molecule has 0 spiro atoms. The van der Waals surface area contributed by atoms with Crippen LogP contribution in [-0.2, 0) is 6.42 Å². The summed E-state index contributed by atoms with van der Waals surface area (Å²) in [4.78, 5) is 2.59. The van der Waals surface area contributed by atoms with Gasteiger partial charge in [-0.25, -0.2) is 4.68 Å². The van der Waals surface area contributed by atoms with Crippen molar-refractivity contribution in [3.05, 3.63) is 11.4 Å². The highest BCUT2D eigenvalue weighted by molar-refractivity contribution is 5.18. The minimum absolute atomic E-state index is 0.394. The topological polar surface area (TPSA) is 34.0 Å². The van der Waals surface area contributed by atoms with Crippen LogP contribution in [0, 0.1) is 5.92 Å². The fraction of sp³-hybridized carbons (Fsp3) is 0.867. The average Bonchev–Trinajstić information content (AvgIpc) is 2.74. The molecule has 0 saturated heterocycles. The van der Waals surface area contributed by atoms with E-state index in [0.717, 1.165) is 19.5 Å². The zero-order chi connectivity index (χ0) is 14.2. The van der Waals surface area contributed by atoms with E-state index in [0.29, 0.717) is 23.9 Å². The third-order valence-corrected chi connectivity index (χ3v) is 4.48. The number of rotatable bonds is 2. The minimum Gasteiger partial charge on any atom is -0.300 e. The predicted octanol–water partition coefficient (Wildman–Crippen LogP) is 2.87. The van der Waals surface area contributed by atoms with Crippen LogP contribution in [0.2, 0.25) is 0 Å². The van der Waals surface area contributed by atoms with Gasteiger partial charge in [-0.3, -0.25) is 0 Å². The van der Waals surface area contributed by atoms with Gasteiger partial charge < -0.3 is 4.90 Å². The van der Waals surface area contributed by atoms with Gasteiger partial charge in [-0.1, -0.05) is 19.1 Å². The molecule has 4 nitrogen and oxygen atoms in total. The molecular weight excluding hydrogens is 236 g/mol. The van der Waals surface area contributed by atoms with Gasteiger partial charge in [0.15, 0.2) is 0 Å². The summed E-state index contributed by atoms with van der Waals surface area (Å²) in [5, 5.41) is 8.86. The standard InChI is InChI=1S/C15H28N4/c1-10(2)18-8-7-14-15(13(6)12(5)9-18)16-17-19(14)11(3)4/h10-13H,7-9H2,1-6H3. The molecule has 2 unspecified atom stereocenters. The molecule has 0 saturated carbocycles. The number of aromatic nitrogens is 3. The number of hydrogen-bond donors (Lipinski definition) is 0. The maximum Gasteiger partial charge on any atom is 0.0891 e. The van der Waals surface area contributed by atoms with Crippen LogP contribution in [0.1, 0.15) is 64.9 Å². The molecule has 19 heavy (non-hydrogen) atoms. The molecule has 0 radical (unpaired) electrons. The van der Waals surface area contributed by atoms with Crippen LogP contribution in [0.3, 0.4) is 0 Å². The molecule has 4 heteroatoms. The van der Waals surface area contributed by atoms with Crippen molar-refractivity contribution >= 4 is 0 Å². The zero-order valence-corrected chi connectivity index (χ0v) is 13.2. The van der Waals surface area contributed by atoms with E-state index >= 15 is 0 Å². The van der Waals surface area contributed by atoms with E-state index in [1.165, 1.54) is 11.4 Å². The molecule has 1 aliphatic heterocycles. The van der Waals surface area contributed by atoms with E-state index in [-0.39, 0.29) is 0 Å². The molecule has 0 N–H and O–H groups in total. The monoisotopic (exact) mass is 264 g/mol. The molecule has 1 aliphatic rings. The summed E-state index contributed by atoms with van der Waals surface area (Å²) in [6.45, 7) is 15.9. The summed E-state index contributed by atoms with van der Waals surface area (Å²) < 4.78 is 2.11. The lowest BCUT2D eigenvalue weighted by Crippen LogP contribution is -2.39. The summed E-state index contributed by atoms with van der Waals surface area (Å²) >= 11 is 0. The molecule has 0 aromatic carbocycles. The lowest BCUT2D eigenvalue weighted by Gasteiger charge is -2.34. The maximum atomic E-state index is 4.48. The highest BCUT2D eigenvalue weighted by atomic mass is 15.4. The first kappa shape index (κ1) is 14.5. The van der Waals surface area contributed by atoms with Gasteiger partial charge in [-0.05, 0) is 33.6 Å². The second-order valence-corrected chi connectivity index (χ2v) is 6.56. The third-order valence-electron chi connectivity index (χ3n) is 4.48. The number of hydrogen-bond acceptors (Lipinski definition) is 3. The molecule has 1 aromatic rings. The van der Waals surface area contributed by atoms with Gasteiger partial charge in [0.05, 0.1) is 11.4 Å². The molecule has 108 valence electrons. The van der Waals surface area contributed by atoms with E-state index < -0.39 is 0 Å². The van der Waals surface area contributed by atoms with Gasteiger partial charge >= 0.3 is 0 Å². The molecule has 2 rings (SSSR count). The molecule has 0 bridgehead atoms. The van der Waals surface area contributed by atoms with Crippen molar-refractivity contribution in [1.29, 1.82) is 0 Å². The van der Waals surface area contributed by atoms with Crippen molar-refractivity contribution in [3.63, 3.8) is 0 Å². The van der Waals surface area contributed by atoms with Gasteiger partial charge in [0, 0.05) is 37.5 Å². The SMILES string of the molecule is CC1CN(C(C)C)CCc2c(nnn2C(C)C)C1C. The van der Waals surface area contributed by atoms with Crippen LogP contribution in [0.25, 0.3) is 0 Å². The van der Waals surface area contributed by atoms with Crippen LogP contribution in [-0.4, -0.2) is 39.0 Å². The maximum absolute atomic E-state index is 4.48. The number of fused-ring (bicyclic) bond motifs is 1. The van der Waals surface area contributed by atoms with Crippen molar-refractivity contribution in [2.24, 2.45) is 5.92 Å². The molecule has 2 heterocycles. The Morgan fingerprint density at radius 1 is 1.11 bits per heavy atom. The van der Waals surface area contributed by atoms with Crippen LogP contribution in [0.5, 0.6) is 0 Å². The van der Waals surface area contributed by atoms with Crippen molar-refractivity contribution in [2.75, 3.05) is 13.1 Å². The summed E-state index contributed by atoms with van der Waals surface area (Å²) in [7, 11) is 0. The van der Waals surface area contributed by atoms with E-state index in [1.807, 2.05) is 0 Å². The first-order valence-electron chi connectivity index (χ1n) is 7.59. The second-order valence-electron chi connectivity index (χ2n) is 6.56. The van der Waals surface area contributed by atoms with Gasteiger partial charge in [0.1, 0.15) is 0 Å². The van der Waals surface area contributed by atoms with Crippen LogP contribution >= 0.6 is 0 Å². The van der Waals surface area contributed by atoms with Gasteiger partial charge in [-0.2, -0.15) is 0 Å². The smallest absolute Gasteiger partial charge is 0.0891 e. The molecule has 0 fully saturated rings. The Kier molecular flexibility index (Phi) is 4.29. The average molecular weight is 264 g/mol. The summed E-state index contributed by atoms with van der Waals surface area (Å²) in [5.41, 5.74) is 2.57. The highest BCUT2D eigenvalue weighted by Gasteiger charge is 2.28. The quantitative estimate of drug-likeness (QED) is 0.823. The Morgan fingerprint density at radius 2 is 1.79 bits per heavy atom. The second kappa shape index (κ2) is 5.61. The highest BCUT2D eigenvalue weighted by Crippen LogP contribution is 2.30. The molecule has 0 aliphatic carbocycles. The van der Waals surface area contributed by atoms with Crippen LogP contribution < -0.4 is 0 Å². The first-order chi connectivity index (χ1) is 8.91. The Labute approximate surface area is 117 Å². The lowest BCUT2D eigenvalue weighted by atomic mass is 9.88. The van der Waals surface area contributed by atoms with E-state index in [9.17, 15) is 0 Å². The predicted molar refractivity (Wildman–Crippen MR) is 78.4 cm³/mol. The van der Waals surface area contributed by atoms with Crippen LogP contribution in [0.15, 0.2) is 0 Å². The summed E-state index contributed by atoms with van der Waals surface area (Å²) in [6, 6.07) is 1.00. The first-order valence-corrected chi connectivity index (χ1v) is 7.59. The lowest BCUT2D eigenvalue weighted by molar-refractivity contribution is 0.177. The largest absolute Gasteiger partial charge is 0.300 e. The molecule has 0 amide bonds. The summed E-state index contributed by atoms with van der Waals surface area (Å²) in [5.74, 6) is 1.11. The Hall–Kier alpha value is -0.900. The minimum atomic E-state index is 0.394. The number of nitrogens with zero attached hydrogens (tertiary/aromatic N) is 4. The van der Waals surface area contributed by atoms with Crippen molar-refractivity contribution in [2.45, 2.75) is 66.0 Å². The Morgan fingerprint density at radius 3 is 2.37 bits per heavy atom. The molecular formula is C15H28N4. The fourth-order valence-corrected chi connectivity index (χ4v) is 2.94. The van der Waals surface area contributed by atoms with E-state index in [4.69, 9.17) is 0 Å². The van der Waals surface area contributed by atoms with Gasteiger partial charge in [0.2, 0.25) is 0 Å². The normalized spacial score (nSPS) is 25.5. The van der Waals surface area contributed by atoms with E-state index in [1.54, 1.807) is 0 Å². The summed E-state index contributed by atoms with van der Waals surface area (Å²) in [6.07, 6.45) is 1.07. The van der Waals surface area contributed by atoms with Crippen molar-refractivity contribution < 1.29 is 0 Å². The van der Waals surface area contributed by atoms with Gasteiger partial charge in [-0.15, -0.1) is 5.10 Å². The van der Waals surface area contributed by atoms with Crippen molar-refractivity contribution in [1.82, 2.24) is 19.9 Å². The molecule has 2 atom stereocenters. The van der Waals surface area contributed by atoms with E-state index in [2.05, 4.69) is 61.4 Å².